The first-order valence-electron chi connectivity index (χ1n) is 11.8. The molecular formula is C26H34N2O6. The van der Waals surface area contributed by atoms with Crippen molar-refractivity contribution in [3.8, 4) is 11.5 Å². The van der Waals surface area contributed by atoms with E-state index in [9.17, 15) is 14.4 Å². The SMILES string of the molecule is C/C=C1\CN(C)CCC23C(=O)C[C@@H]1[C@@H](COC(C)=O)[C@@H]2N(C(C)=O)c1cc(OC)c(OC)cc13. The van der Waals surface area contributed by atoms with E-state index in [-0.39, 0.29) is 36.1 Å². The molecule has 1 spiro atoms. The minimum Gasteiger partial charge on any atom is -0.493 e. The van der Waals surface area contributed by atoms with Gasteiger partial charge in [-0.1, -0.05) is 11.6 Å². The first-order chi connectivity index (χ1) is 16.2. The number of amides is 1. The quantitative estimate of drug-likeness (QED) is 0.494. The number of fused-ring (bicyclic) bond motifs is 6. The van der Waals surface area contributed by atoms with E-state index in [1.54, 1.807) is 25.2 Å². The van der Waals surface area contributed by atoms with Crippen LogP contribution in [0.5, 0.6) is 11.5 Å². The second-order valence-electron chi connectivity index (χ2n) is 9.58. The number of carbonyl (C=O) groups excluding carboxylic acids is 3. The number of hydrogen-bond acceptors (Lipinski definition) is 7. The van der Waals surface area contributed by atoms with E-state index in [2.05, 4.69) is 18.0 Å². The summed E-state index contributed by atoms with van der Waals surface area (Å²) in [5.41, 5.74) is 1.68. The van der Waals surface area contributed by atoms with Gasteiger partial charge < -0.3 is 24.0 Å². The van der Waals surface area contributed by atoms with Crippen molar-refractivity contribution in [1.82, 2.24) is 4.90 Å². The average Bonchev–Trinajstić information content (AvgIpc) is 3.13. The highest BCUT2D eigenvalue weighted by Gasteiger charge is 2.64. The summed E-state index contributed by atoms with van der Waals surface area (Å²) < 4.78 is 16.7. The lowest BCUT2D eigenvalue weighted by Crippen LogP contribution is -2.61. The molecule has 184 valence electrons. The molecule has 0 N–H and O–H groups in total. The number of likely N-dealkylation sites (N-methyl/N-ethyl adjacent to an activating group) is 1. The molecule has 3 aliphatic heterocycles. The molecule has 3 heterocycles. The van der Waals surface area contributed by atoms with E-state index < -0.39 is 11.5 Å². The molecular weight excluding hydrogens is 436 g/mol. The number of esters is 1. The Bertz CT molecular complexity index is 1050. The van der Waals surface area contributed by atoms with Gasteiger partial charge in [-0.25, -0.2) is 0 Å². The number of ketones is 1. The number of allylic oxidation sites excluding steroid dienone is 1. The third-order valence-electron chi connectivity index (χ3n) is 7.86. The van der Waals surface area contributed by atoms with Crippen molar-refractivity contribution >= 4 is 23.3 Å². The van der Waals surface area contributed by atoms with Gasteiger partial charge in [-0.05, 0) is 44.5 Å². The first-order valence-corrected chi connectivity index (χ1v) is 11.8. The highest BCUT2D eigenvalue weighted by molar-refractivity contribution is 6.05. The molecule has 1 saturated carbocycles. The lowest BCUT2D eigenvalue weighted by atomic mass is 9.57. The van der Waals surface area contributed by atoms with Crippen molar-refractivity contribution < 1.29 is 28.6 Å². The van der Waals surface area contributed by atoms with Gasteiger partial charge >= 0.3 is 5.97 Å². The van der Waals surface area contributed by atoms with Crippen molar-refractivity contribution in [3.05, 3.63) is 29.3 Å². The summed E-state index contributed by atoms with van der Waals surface area (Å²) in [7, 11) is 5.17. The second-order valence-corrected chi connectivity index (χ2v) is 9.58. The van der Waals surface area contributed by atoms with Crippen LogP contribution in [0.25, 0.3) is 0 Å². The van der Waals surface area contributed by atoms with E-state index in [1.807, 2.05) is 13.0 Å². The lowest BCUT2D eigenvalue weighted by Gasteiger charge is -2.48. The summed E-state index contributed by atoms with van der Waals surface area (Å²) in [6.07, 6.45) is 2.97. The van der Waals surface area contributed by atoms with Crippen LogP contribution in [0.1, 0.15) is 39.2 Å². The van der Waals surface area contributed by atoms with Gasteiger partial charge in [0.2, 0.25) is 5.91 Å². The van der Waals surface area contributed by atoms with Crippen LogP contribution in [0.2, 0.25) is 0 Å². The van der Waals surface area contributed by atoms with Gasteiger partial charge in [0.05, 0.1) is 38.0 Å². The van der Waals surface area contributed by atoms with Gasteiger partial charge in [0.1, 0.15) is 5.78 Å². The van der Waals surface area contributed by atoms with E-state index in [1.165, 1.54) is 13.8 Å². The molecule has 2 saturated heterocycles. The van der Waals surface area contributed by atoms with Crippen LogP contribution in [0, 0.1) is 11.8 Å². The molecule has 8 nitrogen and oxygen atoms in total. The van der Waals surface area contributed by atoms with E-state index in [4.69, 9.17) is 14.2 Å². The third-order valence-corrected chi connectivity index (χ3v) is 7.86. The Morgan fingerprint density at radius 1 is 1.18 bits per heavy atom. The summed E-state index contributed by atoms with van der Waals surface area (Å²) in [6, 6.07) is 3.19. The molecule has 3 fully saturated rings. The zero-order valence-corrected chi connectivity index (χ0v) is 20.8. The molecule has 4 aliphatic rings. The lowest BCUT2D eigenvalue weighted by molar-refractivity contribution is -0.144. The van der Waals surface area contributed by atoms with Gasteiger partial charge in [-0.2, -0.15) is 0 Å². The molecule has 34 heavy (non-hydrogen) atoms. The molecule has 1 aromatic rings. The highest BCUT2D eigenvalue weighted by Crippen LogP contribution is 2.59. The molecule has 1 aromatic carbocycles. The standard InChI is InChI=1S/C26H34N2O6/c1-7-17-13-27(4)9-8-26-20-11-22(32-5)23(33-6)12-21(20)28(15(2)29)25(26)19(14-34-16(3)30)18(17)10-24(26)31/h7,11-12,18-19,25H,8-10,13-14H2,1-6H3/b17-7+/t18-,19+,25-,26?/m0/s1. The number of rotatable bonds is 4. The fourth-order valence-electron chi connectivity index (χ4n) is 6.37. The maximum atomic E-state index is 14.2. The number of hydrogen-bond donors (Lipinski definition) is 0. The molecule has 0 aromatic heterocycles. The molecule has 2 bridgehead atoms. The van der Waals surface area contributed by atoms with Crippen molar-refractivity contribution in [2.45, 2.75) is 45.1 Å². The summed E-state index contributed by atoms with van der Waals surface area (Å²) in [4.78, 5) is 43.2. The van der Waals surface area contributed by atoms with Crippen LogP contribution in [0.4, 0.5) is 5.69 Å². The Morgan fingerprint density at radius 2 is 1.85 bits per heavy atom. The number of anilines is 1. The number of nitrogens with zero attached hydrogens (tertiary/aromatic N) is 2. The molecule has 5 rings (SSSR count). The van der Waals surface area contributed by atoms with Crippen molar-refractivity contribution in [1.29, 1.82) is 0 Å². The maximum Gasteiger partial charge on any atom is 0.302 e. The summed E-state index contributed by atoms with van der Waals surface area (Å²) in [5, 5.41) is 0. The van der Waals surface area contributed by atoms with Crippen LogP contribution >= 0.6 is 0 Å². The fraction of sp³-hybridized carbons (Fsp3) is 0.577. The van der Waals surface area contributed by atoms with E-state index in [0.29, 0.717) is 36.6 Å². The van der Waals surface area contributed by atoms with E-state index >= 15 is 0 Å². The van der Waals surface area contributed by atoms with Crippen molar-refractivity contribution in [2.75, 3.05) is 45.9 Å². The van der Waals surface area contributed by atoms with Crippen LogP contribution in [-0.4, -0.2) is 69.6 Å². The topological polar surface area (TPSA) is 85.4 Å². The predicted molar refractivity (Wildman–Crippen MR) is 127 cm³/mol. The number of benzene rings is 1. The highest BCUT2D eigenvalue weighted by atomic mass is 16.5. The Balaban J connectivity index is 2.02. The monoisotopic (exact) mass is 470 g/mol. The Morgan fingerprint density at radius 3 is 2.44 bits per heavy atom. The van der Waals surface area contributed by atoms with Crippen LogP contribution in [0.15, 0.2) is 23.8 Å². The normalized spacial score (nSPS) is 29.7. The number of methoxy groups -OCH3 is 2. The predicted octanol–water partition coefficient (Wildman–Crippen LogP) is 2.73. The Hall–Kier alpha value is -2.87. The molecule has 1 amide bonds. The van der Waals surface area contributed by atoms with Crippen molar-refractivity contribution in [3.63, 3.8) is 0 Å². The smallest absolute Gasteiger partial charge is 0.302 e. The largest absolute Gasteiger partial charge is 0.493 e. The third kappa shape index (κ3) is 3.59. The molecule has 1 aliphatic carbocycles. The van der Waals surface area contributed by atoms with Gasteiger partial charge in [-0.15, -0.1) is 0 Å². The molecule has 8 heteroatoms. The number of carbonyl (C=O) groups is 3. The maximum absolute atomic E-state index is 14.2. The Labute approximate surface area is 200 Å². The summed E-state index contributed by atoms with van der Waals surface area (Å²) in [5.74, 6) is 0.255. The number of Topliss-reactive ketones (excluding diaryl/α,β-unsaturated/α-hetero) is 1. The van der Waals surface area contributed by atoms with Gasteiger partial charge in [0, 0.05) is 38.8 Å². The zero-order valence-electron chi connectivity index (χ0n) is 20.8. The zero-order chi connectivity index (χ0) is 24.8. The van der Waals surface area contributed by atoms with Gasteiger partial charge in [0.15, 0.2) is 11.5 Å². The van der Waals surface area contributed by atoms with Crippen LogP contribution in [0.3, 0.4) is 0 Å². The molecule has 4 atom stereocenters. The van der Waals surface area contributed by atoms with Gasteiger partial charge in [0.25, 0.3) is 0 Å². The van der Waals surface area contributed by atoms with Crippen LogP contribution < -0.4 is 14.4 Å². The van der Waals surface area contributed by atoms with Crippen LogP contribution in [-0.2, 0) is 24.5 Å². The first kappa shape index (κ1) is 24.3. The van der Waals surface area contributed by atoms with Crippen molar-refractivity contribution in [2.24, 2.45) is 11.8 Å². The second kappa shape index (κ2) is 9.06. The summed E-state index contributed by atoms with van der Waals surface area (Å²) >= 11 is 0. The number of ether oxygens (including phenoxy) is 3. The molecule has 1 unspecified atom stereocenters. The molecule has 0 radical (unpaired) electrons. The fourth-order valence-corrected chi connectivity index (χ4v) is 6.37. The minimum atomic E-state index is -0.917. The van der Waals surface area contributed by atoms with Gasteiger partial charge in [-0.3, -0.25) is 14.4 Å². The minimum absolute atomic E-state index is 0.119. The Kier molecular flexibility index (Phi) is 6.46. The summed E-state index contributed by atoms with van der Waals surface area (Å²) in [6.45, 7) is 6.46. The van der Waals surface area contributed by atoms with E-state index in [0.717, 1.165) is 17.7 Å². The average molecular weight is 471 g/mol.